The van der Waals surface area contributed by atoms with Crippen molar-refractivity contribution in [3.63, 3.8) is 0 Å². The zero-order valence-electron chi connectivity index (χ0n) is 10.0. The fourth-order valence-corrected chi connectivity index (χ4v) is 1.83. The van der Waals surface area contributed by atoms with Crippen LogP contribution in [0.15, 0.2) is 29.8 Å². The maximum atomic E-state index is 6.00. The first-order valence-corrected chi connectivity index (χ1v) is 6.41. The molecule has 0 aromatic heterocycles. The molecule has 1 atom stereocenters. The molecule has 1 aromatic carbocycles. The van der Waals surface area contributed by atoms with Crippen molar-refractivity contribution >= 4 is 23.2 Å². The minimum absolute atomic E-state index is 0.202. The van der Waals surface area contributed by atoms with Gasteiger partial charge in [0.1, 0.15) is 12.4 Å². The molecule has 1 unspecified atom stereocenters. The first kappa shape index (κ1) is 14.4. The van der Waals surface area contributed by atoms with Crippen LogP contribution in [0.2, 0.25) is 5.02 Å². The summed E-state index contributed by atoms with van der Waals surface area (Å²) in [5.74, 6) is 0.831. The quantitative estimate of drug-likeness (QED) is 0.841. The van der Waals surface area contributed by atoms with Gasteiger partial charge in [0, 0.05) is 22.2 Å². The van der Waals surface area contributed by atoms with Crippen LogP contribution in [0.1, 0.15) is 25.5 Å². The molecule has 1 aromatic rings. The molecule has 0 spiro atoms. The number of benzene rings is 1. The molecule has 2 nitrogen and oxygen atoms in total. The van der Waals surface area contributed by atoms with Gasteiger partial charge in [0.2, 0.25) is 0 Å². The van der Waals surface area contributed by atoms with Gasteiger partial charge >= 0.3 is 0 Å². The molecule has 1 N–H and O–H groups in total. The van der Waals surface area contributed by atoms with Crippen molar-refractivity contribution in [3.8, 4) is 5.75 Å². The fourth-order valence-electron chi connectivity index (χ4n) is 1.58. The van der Waals surface area contributed by atoms with Crippen LogP contribution in [0, 0.1) is 0 Å². The largest absolute Gasteiger partial charge is 0.489 e. The van der Waals surface area contributed by atoms with Gasteiger partial charge in [0.05, 0.1) is 0 Å². The second kappa shape index (κ2) is 7.59. The second-order valence-corrected chi connectivity index (χ2v) is 4.32. The molecule has 94 valence electrons. The Kier molecular flexibility index (Phi) is 6.41. The van der Waals surface area contributed by atoms with Crippen LogP contribution in [0.5, 0.6) is 5.75 Å². The van der Waals surface area contributed by atoms with Crippen molar-refractivity contribution in [2.45, 2.75) is 19.9 Å². The summed E-state index contributed by atoms with van der Waals surface area (Å²) in [6.45, 7) is 5.50. The molecule has 0 heterocycles. The van der Waals surface area contributed by atoms with E-state index in [1.54, 1.807) is 6.08 Å². The molecule has 0 saturated carbocycles. The third-order valence-corrected chi connectivity index (χ3v) is 2.79. The minimum Gasteiger partial charge on any atom is -0.489 e. The normalized spacial score (nSPS) is 12.9. The van der Waals surface area contributed by atoms with Crippen molar-refractivity contribution in [2.75, 3.05) is 13.2 Å². The summed E-state index contributed by atoms with van der Waals surface area (Å²) in [6, 6.07) is 5.83. The first-order chi connectivity index (χ1) is 8.19. The van der Waals surface area contributed by atoms with Gasteiger partial charge in [-0.25, -0.2) is 0 Å². The molecule has 0 aliphatic rings. The maximum Gasteiger partial charge on any atom is 0.124 e. The van der Waals surface area contributed by atoms with Crippen molar-refractivity contribution in [1.29, 1.82) is 0 Å². The highest BCUT2D eigenvalue weighted by atomic mass is 35.5. The van der Waals surface area contributed by atoms with E-state index in [-0.39, 0.29) is 6.04 Å². The summed E-state index contributed by atoms with van der Waals surface area (Å²) in [5.41, 5.74) is 2.51. The Balaban J connectivity index is 2.86. The molecular formula is C13H17Cl2NO. The number of ether oxygens (including phenoxy) is 1. The zero-order chi connectivity index (χ0) is 12.7. The Bertz CT molecular complexity index is 380. The van der Waals surface area contributed by atoms with Gasteiger partial charge < -0.3 is 10.1 Å². The molecule has 0 saturated heterocycles. The molecule has 0 fully saturated rings. The zero-order valence-corrected chi connectivity index (χ0v) is 11.6. The molecule has 0 bridgehead atoms. The lowest BCUT2D eigenvalue weighted by atomic mass is 10.1. The van der Waals surface area contributed by atoms with Crippen LogP contribution in [-0.2, 0) is 0 Å². The Morgan fingerprint density at radius 1 is 1.47 bits per heavy atom. The van der Waals surface area contributed by atoms with E-state index in [1.807, 2.05) is 18.2 Å². The van der Waals surface area contributed by atoms with Crippen molar-refractivity contribution in [2.24, 2.45) is 0 Å². The number of hydrogen-bond donors (Lipinski definition) is 1. The summed E-state index contributed by atoms with van der Waals surface area (Å²) in [6.07, 6.45) is 1.75. The summed E-state index contributed by atoms with van der Waals surface area (Å²) in [4.78, 5) is 0. The minimum atomic E-state index is 0.202. The Morgan fingerprint density at radius 2 is 2.24 bits per heavy atom. The van der Waals surface area contributed by atoms with E-state index in [4.69, 9.17) is 27.9 Å². The highest BCUT2D eigenvalue weighted by Gasteiger charge is 2.11. The SMILES string of the molecule is CCNC(C)c1cc(Cl)ccc1OCC=CCl. The standard InChI is InChI=1S/C13H17Cl2NO/c1-3-16-10(2)12-9-11(15)5-6-13(12)17-8-4-7-14/h4-7,9-10,16H,3,8H2,1-2H3. The average molecular weight is 274 g/mol. The van der Waals surface area contributed by atoms with Gasteiger partial charge in [-0.15, -0.1) is 0 Å². The number of hydrogen-bond acceptors (Lipinski definition) is 2. The molecule has 17 heavy (non-hydrogen) atoms. The van der Waals surface area contributed by atoms with Crippen LogP contribution in [-0.4, -0.2) is 13.2 Å². The lowest BCUT2D eigenvalue weighted by Crippen LogP contribution is -2.18. The van der Waals surface area contributed by atoms with Crippen LogP contribution in [0.4, 0.5) is 0 Å². The van der Waals surface area contributed by atoms with Gasteiger partial charge in [-0.2, -0.15) is 0 Å². The molecule has 0 aliphatic carbocycles. The van der Waals surface area contributed by atoms with Crippen molar-refractivity contribution in [1.82, 2.24) is 5.32 Å². The van der Waals surface area contributed by atoms with E-state index in [1.165, 1.54) is 5.54 Å². The van der Waals surface area contributed by atoms with E-state index >= 15 is 0 Å². The molecule has 4 heteroatoms. The first-order valence-electron chi connectivity index (χ1n) is 5.59. The van der Waals surface area contributed by atoms with Gasteiger partial charge in [-0.1, -0.05) is 30.1 Å². The predicted octanol–water partition coefficient (Wildman–Crippen LogP) is 4.14. The van der Waals surface area contributed by atoms with Crippen LogP contribution in [0.25, 0.3) is 0 Å². The lowest BCUT2D eigenvalue weighted by Gasteiger charge is -2.17. The Labute approximate surface area is 113 Å². The van der Waals surface area contributed by atoms with Gasteiger partial charge in [0.25, 0.3) is 0 Å². The fraction of sp³-hybridized carbons (Fsp3) is 0.385. The number of rotatable bonds is 6. The van der Waals surface area contributed by atoms with Gasteiger partial charge in [0.15, 0.2) is 0 Å². The molecular weight excluding hydrogens is 257 g/mol. The van der Waals surface area contributed by atoms with Gasteiger partial charge in [-0.3, -0.25) is 0 Å². The number of halogens is 2. The highest BCUT2D eigenvalue weighted by Crippen LogP contribution is 2.28. The predicted molar refractivity (Wildman–Crippen MR) is 74.0 cm³/mol. The second-order valence-electron chi connectivity index (χ2n) is 3.63. The molecule has 1 rings (SSSR count). The maximum absolute atomic E-state index is 6.00. The van der Waals surface area contributed by atoms with Gasteiger partial charge in [-0.05, 0) is 37.7 Å². The smallest absolute Gasteiger partial charge is 0.124 e. The number of nitrogens with one attached hydrogen (secondary N) is 1. The third kappa shape index (κ3) is 4.58. The summed E-state index contributed by atoms with van der Waals surface area (Å²) in [5, 5.41) is 4.05. The topological polar surface area (TPSA) is 21.3 Å². The highest BCUT2D eigenvalue weighted by molar-refractivity contribution is 6.30. The van der Waals surface area contributed by atoms with Crippen molar-refractivity contribution < 1.29 is 4.74 Å². The summed E-state index contributed by atoms with van der Waals surface area (Å²) < 4.78 is 5.63. The third-order valence-electron chi connectivity index (χ3n) is 2.37. The van der Waals surface area contributed by atoms with E-state index in [0.717, 1.165) is 17.9 Å². The van der Waals surface area contributed by atoms with Crippen LogP contribution in [0.3, 0.4) is 0 Å². The Morgan fingerprint density at radius 3 is 2.88 bits per heavy atom. The summed E-state index contributed by atoms with van der Waals surface area (Å²) >= 11 is 11.5. The monoisotopic (exact) mass is 273 g/mol. The average Bonchev–Trinajstić information content (AvgIpc) is 2.31. The Hall–Kier alpha value is -0.700. The van der Waals surface area contributed by atoms with E-state index < -0.39 is 0 Å². The molecule has 0 radical (unpaired) electrons. The van der Waals surface area contributed by atoms with Crippen molar-refractivity contribution in [3.05, 3.63) is 40.4 Å². The molecule has 0 amide bonds. The van der Waals surface area contributed by atoms with Crippen LogP contribution >= 0.6 is 23.2 Å². The molecule has 0 aliphatic heterocycles. The summed E-state index contributed by atoms with van der Waals surface area (Å²) in [7, 11) is 0. The van der Waals surface area contributed by atoms with E-state index in [2.05, 4.69) is 19.2 Å². The van der Waals surface area contributed by atoms with E-state index in [9.17, 15) is 0 Å². The van der Waals surface area contributed by atoms with E-state index in [0.29, 0.717) is 11.6 Å². The lowest BCUT2D eigenvalue weighted by molar-refractivity contribution is 0.354. The van der Waals surface area contributed by atoms with Crippen LogP contribution < -0.4 is 10.1 Å².